The summed E-state index contributed by atoms with van der Waals surface area (Å²) in [5.41, 5.74) is 2.08. The molecule has 0 aromatic heterocycles. The van der Waals surface area contributed by atoms with Crippen LogP contribution in [0.2, 0.25) is 0 Å². The minimum atomic E-state index is -1.07. The largest absolute Gasteiger partial charge is 0.494 e. The number of hydrogen-bond donors (Lipinski definition) is 1. The molecule has 0 radical (unpaired) electrons. The van der Waals surface area contributed by atoms with Gasteiger partial charge in [-0.3, -0.25) is 4.90 Å². The number of hydrogen-bond acceptors (Lipinski definition) is 4. The van der Waals surface area contributed by atoms with Gasteiger partial charge >= 0.3 is 12.1 Å². The highest BCUT2D eigenvalue weighted by molar-refractivity contribution is 5.99. The van der Waals surface area contributed by atoms with Crippen molar-refractivity contribution in [3.05, 3.63) is 59.7 Å². The summed E-state index contributed by atoms with van der Waals surface area (Å²) in [6.45, 7) is 2.41. The summed E-state index contributed by atoms with van der Waals surface area (Å²) in [6, 6.07) is 13.5. The van der Waals surface area contributed by atoms with E-state index in [0.717, 1.165) is 5.56 Å². The van der Waals surface area contributed by atoms with Gasteiger partial charge in [-0.05, 0) is 24.6 Å². The number of benzene rings is 2. The van der Waals surface area contributed by atoms with Crippen molar-refractivity contribution in [1.29, 1.82) is 0 Å². The third-order valence-electron chi connectivity index (χ3n) is 4.06. The van der Waals surface area contributed by atoms with E-state index in [1.54, 1.807) is 18.2 Å². The van der Waals surface area contributed by atoms with Crippen molar-refractivity contribution >= 4 is 17.7 Å². The highest BCUT2D eigenvalue weighted by Crippen LogP contribution is 2.38. The lowest BCUT2D eigenvalue weighted by molar-refractivity contribution is -0.138. The van der Waals surface area contributed by atoms with Gasteiger partial charge in [-0.15, -0.1) is 0 Å². The molecule has 1 heterocycles. The molecule has 1 aliphatic heterocycles. The molecule has 25 heavy (non-hydrogen) atoms. The zero-order valence-corrected chi connectivity index (χ0v) is 13.8. The normalized spacial score (nSPS) is 15.6. The Balaban J connectivity index is 1.84. The van der Waals surface area contributed by atoms with Gasteiger partial charge < -0.3 is 14.6 Å². The monoisotopic (exact) mass is 341 g/mol. The van der Waals surface area contributed by atoms with Crippen LogP contribution < -0.4 is 9.64 Å². The molecule has 0 bridgehead atoms. The number of rotatable bonds is 5. The van der Waals surface area contributed by atoms with Crippen LogP contribution in [0, 0.1) is 0 Å². The highest BCUT2D eigenvalue weighted by atomic mass is 16.6. The summed E-state index contributed by atoms with van der Waals surface area (Å²) >= 11 is 0. The Bertz CT molecular complexity index is 775. The number of anilines is 1. The second-order valence-corrected chi connectivity index (χ2v) is 5.66. The first-order chi connectivity index (χ1) is 12.1. The average molecular weight is 341 g/mol. The Labute approximate surface area is 145 Å². The van der Waals surface area contributed by atoms with Crippen LogP contribution in [0.5, 0.6) is 5.75 Å². The van der Waals surface area contributed by atoms with E-state index in [4.69, 9.17) is 9.47 Å². The van der Waals surface area contributed by atoms with Crippen LogP contribution in [0.1, 0.15) is 18.1 Å². The van der Waals surface area contributed by atoms with E-state index in [1.807, 2.05) is 37.3 Å². The molecule has 2 aromatic rings. The topological polar surface area (TPSA) is 76.1 Å². The maximum atomic E-state index is 12.6. The lowest BCUT2D eigenvalue weighted by Gasteiger charge is -2.22. The molecule has 0 saturated heterocycles. The van der Waals surface area contributed by atoms with Crippen LogP contribution in [0.3, 0.4) is 0 Å². The third kappa shape index (κ3) is 3.42. The van der Waals surface area contributed by atoms with Crippen molar-refractivity contribution in [2.45, 2.75) is 26.0 Å². The van der Waals surface area contributed by atoms with Gasteiger partial charge in [0.05, 0.1) is 12.3 Å². The minimum Gasteiger partial charge on any atom is -0.494 e. The quantitative estimate of drug-likeness (QED) is 0.903. The molecule has 6 nitrogen and oxygen atoms in total. The first kappa shape index (κ1) is 16.8. The molecule has 130 valence electrons. The molecule has 0 saturated carbocycles. The molecule has 6 heteroatoms. The molecule has 1 aliphatic rings. The van der Waals surface area contributed by atoms with Gasteiger partial charge in [-0.2, -0.15) is 0 Å². The smallest absolute Gasteiger partial charge is 0.415 e. The Morgan fingerprint density at radius 3 is 2.60 bits per heavy atom. The maximum absolute atomic E-state index is 12.6. The van der Waals surface area contributed by atoms with Gasteiger partial charge in [0.25, 0.3) is 0 Å². The molecular weight excluding hydrogens is 322 g/mol. The number of ether oxygens (including phenoxy) is 2. The first-order valence-electron chi connectivity index (χ1n) is 8.09. The second kappa shape index (κ2) is 7.25. The van der Waals surface area contributed by atoms with Crippen molar-refractivity contribution in [3.8, 4) is 5.75 Å². The number of carbonyl (C=O) groups is 2. The van der Waals surface area contributed by atoms with Crippen molar-refractivity contribution in [3.63, 3.8) is 0 Å². The summed E-state index contributed by atoms with van der Waals surface area (Å²) in [5, 5.41) is 9.52. The number of fused-ring (bicyclic) bond motifs is 1. The first-order valence-corrected chi connectivity index (χ1v) is 8.09. The van der Waals surface area contributed by atoms with Crippen LogP contribution in [-0.2, 0) is 22.6 Å². The van der Waals surface area contributed by atoms with Crippen LogP contribution in [0.15, 0.2) is 48.5 Å². The molecule has 2 aromatic carbocycles. The second-order valence-electron chi connectivity index (χ2n) is 5.66. The Hall–Kier alpha value is -3.02. The third-order valence-corrected chi connectivity index (χ3v) is 4.06. The number of carboxylic acids is 1. The van der Waals surface area contributed by atoms with Gasteiger partial charge in [0.2, 0.25) is 0 Å². The molecule has 1 unspecified atom stereocenters. The standard InChI is InChI=1S/C19H19NO5/c1-2-24-17-10-6-9-15-14(17)11-16(18(21)22)20(15)19(23)25-12-13-7-4-3-5-8-13/h3-10,16H,2,11-12H2,1H3,(H,21,22). The molecule has 0 spiro atoms. The maximum Gasteiger partial charge on any atom is 0.415 e. The summed E-state index contributed by atoms with van der Waals surface area (Å²) in [7, 11) is 0. The number of carboxylic acid groups (broad SMARTS) is 1. The fraction of sp³-hybridized carbons (Fsp3) is 0.263. The van der Waals surface area contributed by atoms with Crippen LogP contribution in [0.4, 0.5) is 10.5 Å². The van der Waals surface area contributed by atoms with E-state index >= 15 is 0 Å². The zero-order valence-electron chi connectivity index (χ0n) is 13.8. The van der Waals surface area contributed by atoms with E-state index in [1.165, 1.54) is 4.90 Å². The summed E-state index contributed by atoms with van der Waals surface area (Å²) in [5.74, 6) is -0.472. The number of carbonyl (C=O) groups excluding carboxylic acids is 1. The molecule has 1 atom stereocenters. The predicted molar refractivity (Wildman–Crippen MR) is 91.8 cm³/mol. The Morgan fingerprint density at radius 2 is 1.92 bits per heavy atom. The van der Waals surface area contributed by atoms with E-state index in [9.17, 15) is 14.7 Å². The van der Waals surface area contributed by atoms with E-state index < -0.39 is 18.1 Å². The number of nitrogens with zero attached hydrogens (tertiary/aromatic N) is 1. The van der Waals surface area contributed by atoms with Gasteiger partial charge in [0, 0.05) is 12.0 Å². The van der Waals surface area contributed by atoms with Gasteiger partial charge in [-0.1, -0.05) is 36.4 Å². The molecule has 1 amide bonds. The lowest BCUT2D eigenvalue weighted by atomic mass is 10.1. The van der Waals surface area contributed by atoms with Gasteiger partial charge in [-0.25, -0.2) is 9.59 Å². The molecular formula is C19H19NO5. The molecule has 1 N–H and O–H groups in total. The van der Waals surface area contributed by atoms with Gasteiger partial charge in [0.15, 0.2) is 0 Å². The number of aliphatic carboxylic acids is 1. The lowest BCUT2D eigenvalue weighted by Crippen LogP contribution is -2.43. The summed E-state index contributed by atoms with van der Waals surface area (Å²) in [6.07, 6.45) is -0.481. The summed E-state index contributed by atoms with van der Waals surface area (Å²) < 4.78 is 10.9. The molecule has 0 aliphatic carbocycles. The zero-order chi connectivity index (χ0) is 17.8. The van der Waals surface area contributed by atoms with Crippen molar-refractivity contribution in [2.75, 3.05) is 11.5 Å². The van der Waals surface area contributed by atoms with E-state index in [-0.39, 0.29) is 13.0 Å². The molecule has 3 rings (SSSR count). The van der Waals surface area contributed by atoms with E-state index in [2.05, 4.69) is 0 Å². The molecule has 0 fully saturated rings. The minimum absolute atomic E-state index is 0.0863. The van der Waals surface area contributed by atoms with Crippen molar-refractivity contribution in [2.24, 2.45) is 0 Å². The van der Waals surface area contributed by atoms with Gasteiger partial charge in [0.1, 0.15) is 18.4 Å². The summed E-state index contributed by atoms with van der Waals surface area (Å²) in [4.78, 5) is 25.4. The average Bonchev–Trinajstić information content (AvgIpc) is 3.02. The van der Waals surface area contributed by atoms with Crippen LogP contribution in [-0.4, -0.2) is 29.8 Å². The fourth-order valence-electron chi connectivity index (χ4n) is 2.94. The van der Waals surface area contributed by atoms with Crippen molar-refractivity contribution < 1.29 is 24.2 Å². The SMILES string of the molecule is CCOc1cccc2c1CC(C(=O)O)N2C(=O)OCc1ccccc1. The predicted octanol–water partition coefficient (Wildman–Crippen LogP) is 3.24. The van der Waals surface area contributed by atoms with Crippen LogP contribution >= 0.6 is 0 Å². The Morgan fingerprint density at radius 1 is 1.16 bits per heavy atom. The van der Waals surface area contributed by atoms with Crippen molar-refractivity contribution in [1.82, 2.24) is 0 Å². The Kier molecular flexibility index (Phi) is 4.88. The highest BCUT2D eigenvalue weighted by Gasteiger charge is 2.41. The number of amides is 1. The van der Waals surface area contributed by atoms with Crippen LogP contribution in [0.25, 0.3) is 0 Å². The van der Waals surface area contributed by atoms with E-state index in [0.29, 0.717) is 23.6 Å². The fourth-order valence-corrected chi connectivity index (χ4v) is 2.94.